The van der Waals surface area contributed by atoms with E-state index in [0.717, 1.165) is 33.5 Å². The van der Waals surface area contributed by atoms with E-state index < -0.39 is 0 Å². The monoisotopic (exact) mass is 301 g/mol. The molecule has 0 radical (unpaired) electrons. The predicted molar refractivity (Wildman–Crippen MR) is 86.7 cm³/mol. The number of para-hydroxylation sites is 1. The van der Waals surface area contributed by atoms with Crippen LogP contribution in [0.5, 0.6) is 0 Å². The quantitative estimate of drug-likeness (QED) is 0.520. The molecule has 0 saturated heterocycles. The van der Waals surface area contributed by atoms with Crippen molar-refractivity contribution in [2.75, 3.05) is 0 Å². The highest BCUT2D eigenvalue weighted by atomic mass is 16.3. The minimum absolute atomic E-state index is 0.680. The average Bonchev–Trinajstić information content (AvgIpc) is 3.30. The maximum absolute atomic E-state index is 5.92. The van der Waals surface area contributed by atoms with E-state index in [2.05, 4.69) is 25.1 Å². The first-order chi connectivity index (χ1) is 11.4. The summed E-state index contributed by atoms with van der Waals surface area (Å²) in [7, 11) is 0. The summed E-state index contributed by atoms with van der Waals surface area (Å²) in [5.74, 6) is 1.44. The summed E-state index contributed by atoms with van der Waals surface area (Å²) in [5, 5.41) is 8.20. The Morgan fingerprint density at radius 1 is 1.04 bits per heavy atom. The molecular formula is C17H11N5O. The van der Waals surface area contributed by atoms with Crippen LogP contribution >= 0.6 is 0 Å². The van der Waals surface area contributed by atoms with Crippen LogP contribution in [0.2, 0.25) is 0 Å². The van der Waals surface area contributed by atoms with Crippen LogP contribution in [0.15, 0.2) is 59.3 Å². The highest BCUT2D eigenvalue weighted by Gasteiger charge is 2.17. The highest BCUT2D eigenvalue weighted by Crippen LogP contribution is 2.33. The number of fused-ring (bicyclic) bond motifs is 2. The van der Waals surface area contributed by atoms with E-state index in [-0.39, 0.29) is 0 Å². The molecule has 0 aliphatic rings. The molecule has 2 N–H and O–H groups in total. The van der Waals surface area contributed by atoms with E-state index in [0.29, 0.717) is 11.5 Å². The fourth-order valence-electron chi connectivity index (χ4n) is 2.73. The number of furan rings is 1. The van der Waals surface area contributed by atoms with Gasteiger partial charge in [0.05, 0.1) is 17.3 Å². The number of aromatic nitrogens is 5. The summed E-state index contributed by atoms with van der Waals surface area (Å²) in [5.41, 5.74) is 4.05. The van der Waals surface area contributed by atoms with Gasteiger partial charge in [-0.3, -0.25) is 5.10 Å². The lowest BCUT2D eigenvalue weighted by atomic mass is 10.2. The Labute approximate surface area is 130 Å². The molecule has 0 atom stereocenters. The first-order valence-corrected chi connectivity index (χ1v) is 7.22. The number of pyridine rings is 1. The van der Waals surface area contributed by atoms with E-state index in [1.807, 2.05) is 42.5 Å². The minimum atomic E-state index is 0.680. The SMILES string of the molecule is c1ccc2oc(-c3[nH]ncc3-c3nc4ncccc4[nH]3)cc2c1. The van der Waals surface area contributed by atoms with Crippen LogP contribution in [0.3, 0.4) is 0 Å². The lowest BCUT2D eigenvalue weighted by Crippen LogP contribution is -1.82. The Morgan fingerprint density at radius 3 is 2.91 bits per heavy atom. The Bertz CT molecular complexity index is 979. The third-order valence-corrected chi connectivity index (χ3v) is 3.82. The number of hydrogen-bond acceptors (Lipinski definition) is 4. The fourth-order valence-corrected chi connectivity index (χ4v) is 2.73. The van der Waals surface area contributed by atoms with Gasteiger partial charge in [-0.25, -0.2) is 9.97 Å². The van der Waals surface area contributed by atoms with Crippen molar-refractivity contribution in [3.8, 4) is 22.8 Å². The number of H-pyrrole nitrogens is 2. The van der Waals surface area contributed by atoms with Gasteiger partial charge in [-0.15, -0.1) is 0 Å². The molecule has 5 aromatic rings. The van der Waals surface area contributed by atoms with Gasteiger partial charge in [0.2, 0.25) is 0 Å². The summed E-state index contributed by atoms with van der Waals surface area (Å²) in [6.07, 6.45) is 3.46. The maximum atomic E-state index is 5.92. The van der Waals surface area contributed by atoms with Crippen molar-refractivity contribution in [2.45, 2.75) is 0 Å². The second-order valence-electron chi connectivity index (χ2n) is 5.27. The zero-order chi connectivity index (χ0) is 15.2. The van der Waals surface area contributed by atoms with Gasteiger partial charge >= 0.3 is 0 Å². The predicted octanol–water partition coefficient (Wildman–Crippen LogP) is 3.76. The zero-order valence-electron chi connectivity index (χ0n) is 11.9. The molecule has 0 bridgehead atoms. The maximum Gasteiger partial charge on any atom is 0.178 e. The number of imidazole rings is 1. The number of nitrogens with zero attached hydrogens (tertiary/aromatic N) is 3. The first kappa shape index (κ1) is 12.2. The number of benzene rings is 1. The van der Waals surface area contributed by atoms with Crippen LogP contribution in [-0.2, 0) is 0 Å². The van der Waals surface area contributed by atoms with Gasteiger partial charge in [-0.05, 0) is 24.3 Å². The minimum Gasteiger partial charge on any atom is -0.454 e. The van der Waals surface area contributed by atoms with E-state index in [1.165, 1.54) is 0 Å². The van der Waals surface area contributed by atoms with Gasteiger partial charge in [-0.2, -0.15) is 5.10 Å². The van der Waals surface area contributed by atoms with Crippen LogP contribution in [-0.4, -0.2) is 25.1 Å². The number of rotatable bonds is 2. The van der Waals surface area contributed by atoms with Crippen molar-refractivity contribution in [2.24, 2.45) is 0 Å². The first-order valence-electron chi connectivity index (χ1n) is 7.22. The zero-order valence-corrected chi connectivity index (χ0v) is 11.9. The normalized spacial score (nSPS) is 11.5. The molecule has 0 fully saturated rings. The van der Waals surface area contributed by atoms with Crippen LogP contribution in [0.4, 0.5) is 0 Å². The van der Waals surface area contributed by atoms with E-state index >= 15 is 0 Å². The molecule has 0 aliphatic heterocycles. The fraction of sp³-hybridized carbons (Fsp3) is 0. The molecule has 0 unspecified atom stereocenters. The Hall–Kier alpha value is -3.41. The second kappa shape index (κ2) is 4.54. The molecule has 4 heterocycles. The number of aromatic amines is 2. The molecule has 0 saturated carbocycles. The third-order valence-electron chi connectivity index (χ3n) is 3.82. The van der Waals surface area contributed by atoms with Crippen LogP contribution in [0.1, 0.15) is 0 Å². The van der Waals surface area contributed by atoms with Crippen molar-refractivity contribution >= 4 is 22.1 Å². The molecule has 0 spiro atoms. The molecule has 5 rings (SSSR count). The Kier molecular flexibility index (Phi) is 2.40. The van der Waals surface area contributed by atoms with Gasteiger partial charge in [0.1, 0.15) is 17.1 Å². The second-order valence-corrected chi connectivity index (χ2v) is 5.27. The number of hydrogen-bond donors (Lipinski definition) is 2. The molecule has 1 aromatic carbocycles. The van der Waals surface area contributed by atoms with Gasteiger partial charge in [-0.1, -0.05) is 18.2 Å². The molecule has 4 aromatic heterocycles. The standard InChI is InChI=1S/C17H11N5O/c1-2-6-13-10(4-1)8-14(23-13)15-11(9-19-22-15)16-20-12-5-3-7-18-17(12)21-16/h1-9H,(H,19,22)(H,18,20,21). The molecular weight excluding hydrogens is 290 g/mol. The van der Waals surface area contributed by atoms with Crippen molar-refractivity contribution in [1.82, 2.24) is 25.1 Å². The summed E-state index contributed by atoms with van der Waals surface area (Å²) in [6.45, 7) is 0. The van der Waals surface area contributed by atoms with Gasteiger partial charge in [0.25, 0.3) is 0 Å². The van der Waals surface area contributed by atoms with Crippen molar-refractivity contribution in [3.63, 3.8) is 0 Å². The molecule has 6 nitrogen and oxygen atoms in total. The lowest BCUT2D eigenvalue weighted by Gasteiger charge is -1.96. The lowest BCUT2D eigenvalue weighted by molar-refractivity contribution is 0.628. The third kappa shape index (κ3) is 1.85. The van der Waals surface area contributed by atoms with Crippen molar-refractivity contribution in [3.05, 3.63) is 54.9 Å². The molecule has 110 valence electrons. The molecule has 0 amide bonds. The number of nitrogens with one attached hydrogen (secondary N) is 2. The van der Waals surface area contributed by atoms with E-state index in [1.54, 1.807) is 12.4 Å². The van der Waals surface area contributed by atoms with E-state index in [9.17, 15) is 0 Å². The summed E-state index contributed by atoms with van der Waals surface area (Å²) < 4.78 is 5.92. The van der Waals surface area contributed by atoms with Crippen LogP contribution < -0.4 is 0 Å². The summed E-state index contributed by atoms with van der Waals surface area (Å²) >= 11 is 0. The van der Waals surface area contributed by atoms with Crippen molar-refractivity contribution < 1.29 is 4.42 Å². The van der Waals surface area contributed by atoms with Crippen molar-refractivity contribution in [1.29, 1.82) is 0 Å². The molecule has 23 heavy (non-hydrogen) atoms. The van der Waals surface area contributed by atoms with Crippen LogP contribution in [0, 0.1) is 0 Å². The van der Waals surface area contributed by atoms with Gasteiger partial charge in [0, 0.05) is 11.6 Å². The Morgan fingerprint density at radius 2 is 2.00 bits per heavy atom. The topological polar surface area (TPSA) is 83.4 Å². The summed E-state index contributed by atoms with van der Waals surface area (Å²) in [6, 6.07) is 13.7. The highest BCUT2D eigenvalue weighted by molar-refractivity contribution is 5.86. The smallest absolute Gasteiger partial charge is 0.178 e. The largest absolute Gasteiger partial charge is 0.454 e. The van der Waals surface area contributed by atoms with Gasteiger partial charge < -0.3 is 9.40 Å². The Balaban J connectivity index is 1.69. The van der Waals surface area contributed by atoms with E-state index in [4.69, 9.17) is 4.42 Å². The van der Waals surface area contributed by atoms with Gasteiger partial charge in [0.15, 0.2) is 11.4 Å². The summed E-state index contributed by atoms with van der Waals surface area (Å²) in [4.78, 5) is 12.0. The average molecular weight is 301 g/mol. The molecule has 0 aliphatic carbocycles. The molecule has 6 heteroatoms. The van der Waals surface area contributed by atoms with Crippen LogP contribution in [0.25, 0.3) is 45.0 Å².